The molecule has 0 spiro atoms. The predicted molar refractivity (Wildman–Crippen MR) is 81.5 cm³/mol. The maximum atomic E-state index is 6.46. The van der Waals surface area contributed by atoms with Gasteiger partial charge in [-0.05, 0) is 36.5 Å². The van der Waals surface area contributed by atoms with Crippen molar-refractivity contribution in [2.24, 2.45) is 0 Å². The maximum Gasteiger partial charge on any atom is 0.136 e. The van der Waals surface area contributed by atoms with Crippen LogP contribution >= 0.6 is 11.6 Å². The third-order valence-electron chi connectivity index (χ3n) is 3.43. The Kier molecular flexibility index (Phi) is 4.00. The molecule has 0 saturated carbocycles. The number of halogens is 1. The molecule has 0 saturated heterocycles. The topological polar surface area (TPSA) is 17.8 Å². The highest BCUT2D eigenvalue weighted by atomic mass is 35.5. The number of hydrogen-bond acceptors (Lipinski definition) is 1. The smallest absolute Gasteiger partial charge is 0.136 e. The van der Waals surface area contributed by atoms with Gasteiger partial charge in [-0.25, -0.2) is 4.68 Å². The minimum atomic E-state index is 0.385. The standard InChI is InChI=1S/C16H21ClN2/c1-10(2)13-6-8-14(9-7-13)19-16(17)15(11(3)4)12(5)18-19/h6-11H,1-5H3. The van der Waals surface area contributed by atoms with Gasteiger partial charge in [-0.3, -0.25) is 0 Å². The number of rotatable bonds is 3. The van der Waals surface area contributed by atoms with Crippen LogP contribution in [0.1, 0.15) is 56.4 Å². The van der Waals surface area contributed by atoms with Crippen LogP contribution < -0.4 is 0 Å². The van der Waals surface area contributed by atoms with E-state index in [4.69, 9.17) is 11.6 Å². The number of benzene rings is 1. The maximum absolute atomic E-state index is 6.46. The molecule has 0 N–H and O–H groups in total. The minimum Gasteiger partial charge on any atom is -0.222 e. The van der Waals surface area contributed by atoms with E-state index < -0.39 is 0 Å². The molecule has 2 aromatic rings. The zero-order valence-electron chi connectivity index (χ0n) is 12.2. The first-order valence-electron chi connectivity index (χ1n) is 6.77. The Morgan fingerprint density at radius 1 is 1.00 bits per heavy atom. The SMILES string of the molecule is Cc1nn(-c2ccc(C(C)C)cc2)c(Cl)c1C(C)C. The van der Waals surface area contributed by atoms with E-state index in [2.05, 4.69) is 57.1 Å². The molecule has 0 radical (unpaired) electrons. The second-order valence-electron chi connectivity index (χ2n) is 5.60. The van der Waals surface area contributed by atoms with E-state index in [0.29, 0.717) is 11.8 Å². The molecular formula is C16H21ClN2. The highest BCUT2D eigenvalue weighted by molar-refractivity contribution is 6.30. The first kappa shape index (κ1) is 14.1. The van der Waals surface area contributed by atoms with E-state index >= 15 is 0 Å². The van der Waals surface area contributed by atoms with Crippen LogP contribution in [0, 0.1) is 6.92 Å². The van der Waals surface area contributed by atoms with Gasteiger partial charge in [0.05, 0.1) is 11.4 Å². The Bertz CT molecular complexity index is 565. The molecule has 3 heteroatoms. The van der Waals surface area contributed by atoms with Crippen molar-refractivity contribution >= 4 is 11.6 Å². The Labute approximate surface area is 120 Å². The first-order chi connectivity index (χ1) is 8.91. The monoisotopic (exact) mass is 276 g/mol. The van der Waals surface area contributed by atoms with Crippen LogP contribution in [0.4, 0.5) is 0 Å². The Balaban J connectivity index is 2.45. The van der Waals surface area contributed by atoms with Gasteiger partial charge in [0, 0.05) is 5.56 Å². The van der Waals surface area contributed by atoms with Crippen molar-refractivity contribution in [2.75, 3.05) is 0 Å². The number of aromatic nitrogens is 2. The summed E-state index contributed by atoms with van der Waals surface area (Å²) < 4.78 is 1.83. The summed E-state index contributed by atoms with van der Waals surface area (Å²) in [7, 11) is 0. The summed E-state index contributed by atoms with van der Waals surface area (Å²) in [5.41, 5.74) is 4.49. The number of aryl methyl sites for hydroxylation is 1. The highest BCUT2D eigenvalue weighted by Gasteiger charge is 2.17. The second-order valence-corrected chi connectivity index (χ2v) is 5.96. The molecule has 1 aromatic carbocycles. The Hall–Kier alpha value is -1.28. The summed E-state index contributed by atoms with van der Waals surface area (Å²) in [4.78, 5) is 0. The quantitative estimate of drug-likeness (QED) is 0.764. The van der Waals surface area contributed by atoms with Crippen molar-refractivity contribution in [3.8, 4) is 5.69 Å². The normalized spacial score (nSPS) is 11.6. The van der Waals surface area contributed by atoms with E-state index in [1.165, 1.54) is 5.56 Å². The third-order valence-corrected chi connectivity index (χ3v) is 3.79. The van der Waals surface area contributed by atoms with Gasteiger partial charge in [0.25, 0.3) is 0 Å². The van der Waals surface area contributed by atoms with Gasteiger partial charge in [-0.2, -0.15) is 5.10 Å². The first-order valence-corrected chi connectivity index (χ1v) is 7.15. The van der Waals surface area contributed by atoms with E-state index in [9.17, 15) is 0 Å². The predicted octanol–water partition coefficient (Wildman–Crippen LogP) is 5.08. The van der Waals surface area contributed by atoms with Gasteiger partial charge in [0.2, 0.25) is 0 Å². The van der Waals surface area contributed by atoms with Crippen LogP contribution in [0.3, 0.4) is 0 Å². The number of nitrogens with zero attached hydrogens (tertiary/aromatic N) is 2. The van der Waals surface area contributed by atoms with Crippen LogP contribution in [0.5, 0.6) is 0 Å². The lowest BCUT2D eigenvalue weighted by Gasteiger charge is -2.08. The van der Waals surface area contributed by atoms with Crippen molar-refractivity contribution in [3.63, 3.8) is 0 Å². The minimum absolute atomic E-state index is 0.385. The summed E-state index contributed by atoms with van der Waals surface area (Å²) in [6, 6.07) is 8.44. The fourth-order valence-corrected chi connectivity index (χ4v) is 2.83. The molecule has 0 amide bonds. The molecule has 0 aliphatic heterocycles. The molecule has 0 bridgehead atoms. The van der Waals surface area contributed by atoms with Gasteiger partial charge >= 0.3 is 0 Å². The molecule has 1 aromatic heterocycles. The van der Waals surface area contributed by atoms with E-state index in [1.807, 2.05) is 11.6 Å². The summed E-state index contributed by atoms with van der Waals surface area (Å²) in [6.07, 6.45) is 0. The Morgan fingerprint density at radius 2 is 1.58 bits per heavy atom. The van der Waals surface area contributed by atoms with Crippen LogP contribution in [-0.4, -0.2) is 9.78 Å². The van der Waals surface area contributed by atoms with E-state index in [0.717, 1.165) is 22.1 Å². The Morgan fingerprint density at radius 3 is 2.00 bits per heavy atom. The van der Waals surface area contributed by atoms with Gasteiger partial charge in [0.1, 0.15) is 5.15 Å². The summed E-state index contributed by atoms with van der Waals surface area (Å²) in [5.74, 6) is 0.922. The largest absolute Gasteiger partial charge is 0.222 e. The molecule has 0 aliphatic carbocycles. The van der Waals surface area contributed by atoms with E-state index in [1.54, 1.807) is 0 Å². The van der Waals surface area contributed by atoms with E-state index in [-0.39, 0.29) is 0 Å². The summed E-state index contributed by atoms with van der Waals surface area (Å²) in [6.45, 7) is 10.7. The van der Waals surface area contributed by atoms with Gasteiger partial charge in [0.15, 0.2) is 0 Å². The lowest BCUT2D eigenvalue weighted by molar-refractivity contribution is 0.847. The van der Waals surface area contributed by atoms with Gasteiger partial charge in [-0.1, -0.05) is 51.4 Å². The molecule has 0 fully saturated rings. The summed E-state index contributed by atoms with van der Waals surface area (Å²) >= 11 is 6.46. The number of hydrogen-bond donors (Lipinski definition) is 0. The molecule has 2 nitrogen and oxygen atoms in total. The van der Waals surface area contributed by atoms with Crippen molar-refractivity contribution < 1.29 is 0 Å². The van der Waals surface area contributed by atoms with Crippen molar-refractivity contribution in [1.29, 1.82) is 0 Å². The lowest BCUT2D eigenvalue weighted by Crippen LogP contribution is -1.98. The third kappa shape index (κ3) is 2.69. The van der Waals surface area contributed by atoms with Crippen LogP contribution in [0.25, 0.3) is 5.69 Å². The molecule has 0 unspecified atom stereocenters. The van der Waals surface area contributed by atoms with Crippen LogP contribution in [0.15, 0.2) is 24.3 Å². The van der Waals surface area contributed by atoms with Crippen molar-refractivity contribution in [3.05, 3.63) is 46.2 Å². The van der Waals surface area contributed by atoms with Crippen molar-refractivity contribution in [1.82, 2.24) is 9.78 Å². The molecule has 102 valence electrons. The fourth-order valence-electron chi connectivity index (χ4n) is 2.34. The van der Waals surface area contributed by atoms with Crippen LogP contribution in [-0.2, 0) is 0 Å². The molecular weight excluding hydrogens is 256 g/mol. The summed E-state index contributed by atoms with van der Waals surface area (Å²) in [5, 5.41) is 5.29. The molecule has 19 heavy (non-hydrogen) atoms. The highest BCUT2D eigenvalue weighted by Crippen LogP contribution is 2.29. The average molecular weight is 277 g/mol. The molecule has 0 atom stereocenters. The zero-order valence-corrected chi connectivity index (χ0v) is 13.0. The van der Waals surface area contributed by atoms with Gasteiger partial charge in [-0.15, -0.1) is 0 Å². The second kappa shape index (κ2) is 5.38. The molecule has 1 heterocycles. The molecule has 0 aliphatic rings. The van der Waals surface area contributed by atoms with Crippen LogP contribution in [0.2, 0.25) is 5.15 Å². The fraction of sp³-hybridized carbons (Fsp3) is 0.438. The molecule has 2 rings (SSSR count). The zero-order chi connectivity index (χ0) is 14.2. The van der Waals surface area contributed by atoms with Gasteiger partial charge < -0.3 is 0 Å². The van der Waals surface area contributed by atoms with Crippen molar-refractivity contribution in [2.45, 2.75) is 46.5 Å². The average Bonchev–Trinajstić information content (AvgIpc) is 2.65. The lowest BCUT2D eigenvalue weighted by atomic mass is 10.0.